The summed E-state index contributed by atoms with van der Waals surface area (Å²) in [7, 11) is 0. The van der Waals surface area contributed by atoms with Crippen LogP contribution in [-0.2, 0) is 21.8 Å². The summed E-state index contributed by atoms with van der Waals surface area (Å²) in [6, 6.07) is 5.91. The van der Waals surface area contributed by atoms with Crippen LogP contribution in [0.15, 0.2) is 47.6 Å². The smallest absolute Gasteiger partial charge is 0.349 e. The number of hydrogen-bond donors (Lipinski definition) is 0. The van der Waals surface area contributed by atoms with Crippen molar-refractivity contribution in [3.63, 3.8) is 0 Å². The monoisotopic (exact) mass is 530 g/mol. The molecule has 1 unspecified atom stereocenters. The van der Waals surface area contributed by atoms with E-state index >= 15 is 0 Å². The van der Waals surface area contributed by atoms with E-state index in [0.717, 1.165) is 0 Å². The van der Waals surface area contributed by atoms with Crippen LogP contribution in [0.25, 0.3) is 10.4 Å². The van der Waals surface area contributed by atoms with Crippen molar-refractivity contribution in [1.82, 2.24) is 4.90 Å². The number of hydrogen-bond acceptors (Lipinski definition) is 4. The minimum absolute atomic E-state index is 0.0470. The molecule has 0 bridgehead atoms. The highest BCUT2D eigenvalue weighted by molar-refractivity contribution is 5.34. The van der Waals surface area contributed by atoms with Gasteiger partial charge in [-0.05, 0) is 53.9 Å². The van der Waals surface area contributed by atoms with E-state index in [1.54, 1.807) is 0 Å². The standard InChI is InChI=1S/C24H21F7N4O2/c1-15(17-12-18(23(26,27)28)14-19(13-17)24(29,30)31)37-22-21(16-4-6-20(25)7-5-16)35(10-11-36-22)9-3-2-8-33-34-32/h4-7,12-15,21-22H,8-11H2,1H3/t15?,21-,22+/m0/s1. The van der Waals surface area contributed by atoms with E-state index in [1.807, 2.05) is 4.90 Å². The van der Waals surface area contributed by atoms with Crippen LogP contribution < -0.4 is 0 Å². The van der Waals surface area contributed by atoms with Crippen molar-refractivity contribution in [2.75, 3.05) is 26.2 Å². The molecule has 6 nitrogen and oxygen atoms in total. The van der Waals surface area contributed by atoms with Crippen molar-refractivity contribution in [2.45, 2.75) is 37.7 Å². The second kappa shape index (κ2) is 11.8. The van der Waals surface area contributed by atoms with Gasteiger partial charge in [0.25, 0.3) is 0 Å². The summed E-state index contributed by atoms with van der Waals surface area (Å²) in [5.41, 5.74) is 5.65. The number of ether oxygens (including phenoxy) is 2. The molecule has 0 N–H and O–H groups in total. The fourth-order valence-corrected chi connectivity index (χ4v) is 3.78. The first-order valence-corrected chi connectivity index (χ1v) is 10.9. The van der Waals surface area contributed by atoms with Crippen molar-refractivity contribution >= 4 is 0 Å². The Morgan fingerprint density at radius 1 is 1.08 bits per heavy atom. The third kappa shape index (κ3) is 7.60. The van der Waals surface area contributed by atoms with Gasteiger partial charge in [0.2, 0.25) is 0 Å². The van der Waals surface area contributed by atoms with E-state index in [2.05, 4.69) is 21.9 Å². The Bertz CT molecular complexity index is 1150. The number of morpholine rings is 1. The Morgan fingerprint density at radius 2 is 1.70 bits per heavy atom. The Labute approximate surface area is 207 Å². The molecule has 198 valence electrons. The molecule has 2 aromatic rings. The van der Waals surface area contributed by atoms with E-state index in [-0.39, 0.29) is 31.3 Å². The lowest BCUT2D eigenvalue weighted by molar-refractivity contribution is -0.228. The molecule has 2 aromatic carbocycles. The molecule has 0 radical (unpaired) electrons. The minimum Gasteiger partial charge on any atom is -0.349 e. The second-order valence-corrected chi connectivity index (χ2v) is 8.07. The first kappa shape index (κ1) is 28.3. The number of alkyl halides is 6. The molecule has 1 aliphatic rings. The van der Waals surface area contributed by atoms with Gasteiger partial charge in [-0.15, -0.1) is 0 Å². The van der Waals surface area contributed by atoms with E-state index in [0.29, 0.717) is 24.2 Å². The molecule has 3 rings (SSSR count). The number of rotatable bonds is 6. The Kier molecular flexibility index (Phi) is 9.04. The van der Waals surface area contributed by atoms with Crippen LogP contribution >= 0.6 is 0 Å². The lowest BCUT2D eigenvalue weighted by Crippen LogP contribution is -2.46. The first-order chi connectivity index (χ1) is 17.4. The van der Waals surface area contributed by atoms with Crippen LogP contribution in [0.4, 0.5) is 30.7 Å². The molecular weight excluding hydrogens is 509 g/mol. The summed E-state index contributed by atoms with van der Waals surface area (Å²) in [5, 5.41) is 3.32. The zero-order valence-electron chi connectivity index (χ0n) is 19.4. The summed E-state index contributed by atoms with van der Waals surface area (Å²) in [4.78, 5) is 4.41. The Balaban J connectivity index is 1.93. The van der Waals surface area contributed by atoms with Gasteiger partial charge in [-0.3, -0.25) is 4.90 Å². The quantitative estimate of drug-likeness (QED) is 0.138. The highest BCUT2D eigenvalue weighted by Crippen LogP contribution is 2.39. The fourth-order valence-electron chi connectivity index (χ4n) is 3.78. The average Bonchev–Trinajstić information content (AvgIpc) is 2.83. The summed E-state index contributed by atoms with van der Waals surface area (Å²) in [6.07, 6.45) is -12.4. The largest absolute Gasteiger partial charge is 0.416 e. The maximum Gasteiger partial charge on any atom is 0.416 e. The lowest BCUT2D eigenvalue weighted by atomic mass is 10.0. The van der Waals surface area contributed by atoms with Crippen LogP contribution in [0.2, 0.25) is 0 Å². The molecule has 1 fully saturated rings. The molecule has 1 heterocycles. The van der Waals surface area contributed by atoms with E-state index < -0.39 is 47.7 Å². The minimum atomic E-state index is -5.00. The van der Waals surface area contributed by atoms with Gasteiger partial charge in [0, 0.05) is 11.5 Å². The second-order valence-electron chi connectivity index (χ2n) is 8.07. The van der Waals surface area contributed by atoms with Crippen LogP contribution in [0.1, 0.15) is 41.3 Å². The van der Waals surface area contributed by atoms with Crippen molar-refractivity contribution in [3.8, 4) is 11.8 Å². The highest BCUT2D eigenvalue weighted by Gasteiger charge is 2.39. The number of nitrogens with zero attached hydrogens (tertiary/aromatic N) is 4. The Hall–Kier alpha value is -3.30. The maximum atomic E-state index is 13.5. The zero-order chi connectivity index (χ0) is 27.2. The molecule has 0 amide bonds. The summed E-state index contributed by atoms with van der Waals surface area (Å²) < 4.78 is 105. The van der Waals surface area contributed by atoms with E-state index in [9.17, 15) is 30.7 Å². The fraction of sp³-hybridized carbons (Fsp3) is 0.417. The molecule has 1 aliphatic heterocycles. The summed E-state index contributed by atoms with van der Waals surface area (Å²) in [5.74, 6) is 5.00. The number of halogens is 7. The third-order valence-corrected chi connectivity index (χ3v) is 5.56. The van der Waals surface area contributed by atoms with Crippen LogP contribution in [0.5, 0.6) is 0 Å². The average molecular weight is 530 g/mol. The van der Waals surface area contributed by atoms with Crippen LogP contribution in [0, 0.1) is 17.7 Å². The van der Waals surface area contributed by atoms with Gasteiger partial charge < -0.3 is 9.47 Å². The van der Waals surface area contributed by atoms with Crippen LogP contribution in [-0.4, -0.2) is 37.4 Å². The van der Waals surface area contributed by atoms with Gasteiger partial charge in [-0.1, -0.05) is 29.1 Å². The van der Waals surface area contributed by atoms with Gasteiger partial charge in [-0.25, -0.2) is 4.39 Å². The predicted molar refractivity (Wildman–Crippen MR) is 118 cm³/mol. The molecule has 0 saturated carbocycles. The summed E-state index contributed by atoms with van der Waals surface area (Å²) in [6.45, 7) is 1.90. The number of azide groups is 1. The molecule has 37 heavy (non-hydrogen) atoms. The lowest BCUT2D eigenvalue weighted by Gasteiger charge is -2.41. The normalized spacial score (nSPS) is 19.5. The van der Waals surface area contributed by atoms with Crippen molar-refractivity contribution < 1.29 is 40.2 Å². The molecule has 0 spiro atoms. The van der Waals surface area contributed by atoms with E-state index in [4.69, 9.17) is 15.0 Å². The maximum absolute atomic E-state index is 13.5. The molecular formula is C24H21F7N4O2. The first-order valence-electron chi connectivity index (χ1n) is 10.9. The van der Waals surface area contributed by atoms with Gasteiger partial charge in [0.05, 0.1) is 43.0 Å². The zero-order valence-corrected chi connectivity index (χ0v) is 19.4. The van der Waals surface area contributed by atoms with Gasteiger partial charge in [0.1, 0.15) is 5.82 Å². The van der Waals surface area contributed by atoms with Crippen LogP contribution in [0.3, 0.4) is 0 Å². The Morgan fingerprint density at radius 3 is 2.27 bits per heavy atom. The summed E-state index contributed by atoms with van der Waals surface area (Å²) >= 11 is 0. The molecule has 13 heteroatoms. The topological polar surface area (TPSA) is 70.5 Å². The van der Waals surface area contributed by atoms with Gasteiger partial charge in [0.15, 0.2) is 6.29 Å². The highest BCUT2D eigenvalue weighted by atomic mass is 19.4. The SMILES string of the molecule is CC(O[C@H]1OCCN(CC#CCN=[N+]=[N-])[C@H]1c1ccc(F)cc1)c1cc(C(F)(F)F)cc(C(F)(F)F)c1. The molecule has 1 saturated heterocycles. The molecule has 3 atom stereocenters. The molecule has 0 aliphatic carbocycles. The number of benzene rings is 2. The van der Waals surface area contributed by atoms with Crippen molar-refractivity contribution in [3.05, 3.63) is 81.0 Å². The van der Waals surface area contributed by atoms with Crippen molar-refractivity contribution in [1.29, 1.82) is 0 Å². The molecule has 0 aromatic heterocycles. The van der Waals surface area contributed by atoms with E-state index in [1.165, 1.54) is 31.2 Å². The van der Waals surface area contributed by atoms with Crippen molar-refractivity contribution in [2.24, 2.45) is 5.11 Å². The third-order valence-electron chi connectivity index (χ3n) is 5.56. The predicted octanol–water partition coefficient (Wildman–Crippen LogP) is 6.65. The van der Waals surface area contributed by atoms with Gasteiger partial charge in [-0.2, -0.15) is 26.3 Å². The van der Waals surface area contributed by atoms with Gasteiger partial charge >= 0.3 is 12.4 Å².